The summed E-state index contributed by atoms with van der Waals surface area (Å²) in [6, 6.07) is 7.85. The van der Waals surface area contributed by atoms with Crippen molar-refractivity contribution in [1.29, 1.82) is 0 Å². The van der Waals surface area contributed by atoms with Gasteiger partial charge in [0.2, 0.25) is 5.60 Å². The van der Waals surface area contributed by atoms with Gasteiger partial charge in [0.05, 0.1) is 34.9 Å². The lowest BCUT2D eigenvalue weighted by Crippen LogP contribution is -2.49. The van der Waals surface area contributed by atoms with Gasteiger partial charge in [-0.2, -0.15) is 0 Å². The molecule has 6 heterocycles. The van der Waals surface area contributed by atoms with E-state index in [1.807, 2.05) is 57.7 Å². The number of hydrogen-bond acceptors (Lipinski definition) is 9. The second-order valence-electron chi connectivity index (χ2n) is 16.7. The molecule has 0 bridgehead atoms. The maximum Gasteiger partial charge on any atom is 0.415 e. The molecule has 11 nitrogen and oxygen atoms in total. The Kier molecular flexibility index (Phi) is 9.93. The highest BCUT2D eigenvalue weighted by molar-refractivity contribution is 5.91. The molecule has 4 aliphatic heterocycles. The van der Waals surface area contributed by atoms with Crippen molar-refractivity contribution in [2.24, 2.45) is 17.3 Å². The summed E-state index contributed by atoms with van der Waals surface area (Å²) in [5.74, 6) is -1.23. The first-order valence-electron chi connectivity index (χ1n) is 19.6. The number of fused-ring (bicyclic) bond motifs is 5. The molecule has 53 heavy (non-hydrogen) atoms. The third-order valence-corrected chi connectivity index (χ3v) is 12.1. The topological polar surface area (TPSA) is 120 Å². The van der Waals surface area contributed by atoms with Gasteiger partial charge in [-0.15, -0.1) is 0 Å². The molecular weight excluding hydrogens is 672 g/mol. The molecule has 2 aromatic heterocycles. The van der Waals surface area contributed by atoms with Gasteiger partial charge in [-0.1, -0.05) is 54.9 Å². The first-order chi connectivity index (χ1) is 25.3. The molecule has 2 saturated heterocycles. The molecule has 0 spiro atoms. The van der Waals surface area contributed by atoms with Gasteiger partial charge in [-0.25, -0.2) is 14.6 Å². The number of nitrogens with zero attached hydrogens (tertiary/aromatic N) is 4. The molecule has 11 heteroatoms. The maximum atomic E-state index is 14.2. The van der Waals surface area contributed by atoms with Crippen LogP contribution in [0.5, 0.6) is 5.75 Å². The van der Waals surface area contributed by atoms with Crippen molar-refractivity contribution in [3.05, 3.63) is 56.9 Å². The highest BCUT2D eigenvalue weighted by Gasteiger charge is 2.52. The Balaban J connectivity index is 1.19. The summed E-state index contributed by atoms with van der Waals surface area (Å²) in [7, 11) is 0. The molecule has 1 aromatic carbocycles. The smallest absolute Gasteiger partial charge is 0.415 e. The molecule has 0 N–H and O–H groups in total. The van der Waals surface area contributed by atoms with Crippen LogP contribution >= 0.6 is 0 Å². The Hall–Kier alpha value is -4.25. The van der Waals surface area contributed by atoms with Gasteiger partial charge in [0, 0.05) is 35.6 Å². The van der Waals surface area contributed by atoms with E-state index in [9.17, 15) is 19.2 Å². The Labute approximate surface area is 312 Å². The van der Waals surface area contributed by atoms with E-state index in [4.69, 9.17) is 19.2 Å². The zero-order chi connectivity index (χ0) is 37.8. The van der Waals surface area contributed by atoms with Crippen LogP contribution in [0.2, 0.25) is 0 Å². The summed E-state index contributed by atoms with van der Waals surface area (Å²) in [6.07, 6.45) is 6.19. The second-order valence-corrected chi connectivity index (χ2v) is 16.7. The van der Waals surface area contributed by atoms with Crippen LogP contribution in [-0.2, 0) is 44.2 Å². The van der Waals surface area contributed by atoms with Crippen LogP contribution < -0.4 is 10.3 Å². The van der Waals surface area contributed by atoms with Gasteiger partial charge in [0.1, 0.15) is 12.4 Å². The molecule has 0 saturated carbocycles. The number of aromatic nitrogens is 2. The fraction of sp³-hybridized carbons (Fsp3) is 0.595. The number of pyridine rings is 2. The number of esters is 2. The van der Waals surface area contributed by atoms with Crippen LogP contribution in [0.15, 0.2) is 29.1 Å². The average Bonchev–Trinajstić information content (AvgIpc) is 3.50. The van der Waals surface area contributed by atoms with E-state index in [1.165, 1.54) is 19.3 Å². The van der Waals surface area contributed by atoms with Crippen LogP contribution in [0.1, 0.15) is 109 Å². The third-order valence-electron chi connectivity index (χ3n) is 12.1. The van der Waals surface area contributed by atoms with E-state index >= 15 is 0 Å². The van der Waals surface area contributed by atoms with Crippen LogP contribution in [-0.4, -0.2) is 69.6 Å². The summed E-state index contributed by atoms with van der Waals surface area (Å²) in [5.41, 5.74) is 2.06. The molecule has 1 amide bonds. The number of benzene rings is 1. The summed E-state index contributed by atoms with van der Waals surface area (Å²) < 4.78 is 19.4. The standard InChI is InChI=1S/C42H54N4O7/c1-8-28-29-21-27(52-40(50)45-19-15-26(16-20-45)44-17-11-10-12-18-44)13-14-33(29)43-36-30(28)23-46-34(36)22-32-31(37(46)47)24-51-39(49)42(32,9-2)53-38(48)35(25(3)4)41(5,6)7/h13-14,21-22,25-26,35H,8-12,15-20,23-24H2,1-7H3/t35?,42-/m0/s1. The lowest BCUT2D eigenvalue weighted by Gasteiger charge is -2.39. The fourth-order valence-electron chi connectivity index (χ4n) is 9.49. The zero-order valence-electron chi connectivity index (χ0n) is 32.4. The monoisotopic (exact) mass is 726 g/mol. The van der Waals surface area contributed by atoms with Crippen molar-refractivity contribution in [2.75, 3.05) is 26.2 Å². The molecule has 284 valence electrons. The van der Waals surface area contributed by atoms with Gasteiger partial charge >= 0.3 is 18.0 Å². The quantitative estimate of drug-likeness (QED) is 0.186. The molecular formula is C42H54N4O7. The van der Waals surface area contributed by atoms with E-state index in [0.717, 1.165) is 42.4 Å². The van der Waals surface area contributed by atoms with Crippen LogP contribution in [0, 0.1) is 17.3 Å². The lowest BCUT2D eigenvalue weighted by atomic mass is 9.74. The van der Waals surface area contributed by atoms with E-state index in [1.54, 1.807) is 17.6 Å². The van der Waals surface area contributed by atoms with Gasteiger partial charge in [0.15, 0.2) is 0 Å². The lowest BCUT2D eigenvalue weighted by molar-refractivity contribution is -0.195. The fourth-order valence-corrected chi connectivity index (χ4v) is 9.49. The molecule has 4 aliphatic rings. The highest BCUT2D eigenvalue weighted by atomic mass is 16.6. The SMILES string of the molecule is CCc1c2c(nc3ccc(OC(=O)N4CCC(N5CCCCC5)CC4)cc13)-c1cc3c(c(=O)n1C2)COC(=O)[C@@]3(CC)OC(=O)C(C(C)C)C(C)(C)C. The molecule has 2 fully saturated rings. The Bertz CT molecular complexity index is 2000. The Morgan fingerprint density at radius 1 is 1.00 bits per heavy atom. The van der Waals surface area contributed by atoms with Gasteiger partial charge in [-0.05, 0) is 92.8 Å². The second kappa shape index (κ2) is 14.2. The Morgan fingerprint density at radius 2 is 1.72 bits per heavy atom. The molecule has 0 radical (unpaired) electrons. The van der Waals surface area contributed by atoms with Crippen LogP contribution in [0.4, 0.5) is 4.79 Å². The van der Waals surface area contributed by atoms with Crippen molar-refractivity contribution >= 4 is 28.9 Å². The summed E-state index contributed by atoms with van der Waals surface area (Å²) in [4.78, 5) is 64.5. The molecule has 1 unspecified atom stereocenters. The zero-order valence-corrected chi connectivity index (χ0v) is 32.4. The number of aryl methyl sites for hydroxylation is 1. The van der Waals surface area contributed by atoms with Crippen molar-refractivity contribution in [1.82, 2.24) is 19.4 Å². The van der Waals surface area contributed by atoms with E-state index in [0.29, 0.717) is 65.9 Å². The largest absolute Gasteiger partial charge is 0.457 e. The molecule has 0 aliphatic carbocycles. The van der Waals surface area contributed by atoms with Crippen LogP contribution in [0.3, 0.4) is 0 Å². The summed E-state index contributed by atoms with van der Waals surface area (Å²) in [5, 5.41) is 0.864. The minimum atomic E-state index is -1.76. The van der Waals surface area contributed by atoms with Crippen molar-refractivity contribution in [2.45, 2.75) is 118 Å². The Morgan fingerprint density at radius 3 is 2.36 bits per heavy atom. The predicted molar refractivity (Wildman–Crippen MR) is 202 cm³/mol. The minimum Gasteiger partial charge on any atom is -0.457 e. The van der Waals surface area contributed by atoms with Crippen molar-refractivity contribution in [3.8, 4) is 17.1 Å². The molecule has 3 aromatic rings. The number of carbonyl (C=O) groups excluding carboxylic acids is 3. The number of likely N-dealkylation sites (tertiary alicyclic amines) is 2. The molecule has 7 rings (SSSR count). The summed E-state index contributed by atoms with van der Waals surface area (Å²) >= 11 is 0. The average molecular weight is 727 g/mol. The maximum absolute atomic E-state index is 14.2. The first-order valence-corrected chi connectivity index (χ1v) is 19.6. The first kappa shape index (κ1) is 37.1. The predicted octanol–water partition coefficient (Wildman–Crippen LogP) is 6.96. The van der Waals surface area contributed by atoms with E-state index in [2.05, 4.69) is 11.8 Å². The number of cyclic esters (lactones) is 1. The van der Waals surface area contributed by atoms with Gasteiger partial charge in [0.25, 0.3) is 5.56 Å². The number of ether oxygens (including phenoxy) is 3. The number of piperidine rings is 2. The number of hydrogen-bond donors (Lipinski definition) is 0. The summed E-state index contributed by atoms with van der Waals surface area (Å²) in [6.45, 7) is 17.5. The normalized spacial score (nSPS) is 21.2. The van der Waals surface area contributed by atoms with Crippen LogP contribution in [0.25, 0.3) is 22.3 Å². The minimum absolute atomic E-state index is 0.0381. The van der Waals surface area contributed by atoms with Crippen molar-refractivity contribution < 1.29 is 28.6 Å². The third kappa shape index (κ3) is 6.53. The number of carbonyl (C=O) groups is 3. The van der Waals surface area contributed by atoms with Gasteiger partial charge < -0.3 is 28.6 Å². The number of rotatable bonds is 7. The van der Waals surface area contributed by atoms with Gasteiger partial charge in [-0.3, -0.25) is 9.59 Å². The molecule has 2 atom stereocenters. The number of amides is 1. The van der Waals surface area contributed by atoms with E-state index in [-0.39, 0.29) is 30.6 Å². The highest BCUT2D eigenvalue weighted by Crippen LogP contribution is 2.44. The van der Waals surface area contributed by atoms with Crippen molar-refractivity contribution in [3.63, 3.8) is 0 Å². The van der Waals surface area contributed by atoms with E-state index < -0.39 is 28.9 Å².